The summed E-state index contributed by atoms with van der Waals surface area (Å²) in [5.41, 5.74) is 3.66. The molecular weight excluding hydrogens is 444 g/mol. The van der Waals surface area contributed by atoms with E-state index in [4.69, 9.17) is 5.73 Å². The van der Waals surface area contributed by atoms with Crippen molar-refractivity contribution in [3.05, 3.63) is 35.1 Å². The lowest BCUT2D eigenvalue weighted by molar-refractivity contribution is -0.140. The van der Waals surface area contributed by atoms with Gasteiger partial charge in [-0.1, -0.05) is 6.92 Å². The summed E-state index contributed by atoms with van der Waals surface area (Å²) in [5.74, 6) is -0.789. The number of rotatable bonds is 4. The molecule has 6 nitrogen and oxygen atoms in total. The van der Waals surface area contributed by atoms with Crippen LogP contribution in [0.25, 0.3) is 16.3 Å². The second kappa shape index (κ2) is 7.40. The van der Waals surface area contributed by atoms with E-state index in [-0.39, 0.29) is 32.8 Å². The predicted octanol–water partition coefficient (Wildman–Crippen LogP) is 4.14. The third kappa shape index (κ3) is 3.99. The van der Waals surface area contributed by atoms with Crippen LogP contribution in [0.4, 0.5) is 32.2 Å². The van der Waals surface area contributed by atoms with Crippen LogP contribution in [-0.4, -0.2) is 29.7 Å². The lowest BCUT2D eigenvalue weighted by atomic mass is 10.2. The van der Waals surface area contributed by atoms with Crippen molar-refractivity contribution in [2.24, 2.45) is 0 Å². The Morgan fingerprint density at radius 1 is 1.10 bits per heavy atom. The van der Waals surface area contributed by atoms with Crippen molar-refractivity contribution in [3.8, 4) is 16.3 Å². The highest BCUT2D eigenvalue weighted by Crippen LogP contribution is 2.45. The Morgan fingerprint density at radius 3 is 2.31 bits per heavy atom. The Morgan fingerprint density at radius 2 is 1.76 bits per heavy atom. The lowest BCUT2D eigenvalue weighted by Gasteiger charge is -2.07. The molecule has 2 N–H and O–H groups in total. The van der Waals surface area contributed by atoms with Crippen LogP contribution in [0.5, 0.6) is 0 Å². The molecule has 0 radical (unpaired) electrons. The summed E-state index contributed by atoms with van der Waals surface area (Å²) in [7, 11) is -1.70. The minimum atomic E-state index is -5.01. The van der Waals surface area contributed by atoms with E-state index in [0.717, 1.165) is 12.3 Å². The molecule has 3 heterocycles. The van der Waals surface area contributed by atoms with Gasteiger partial charge in [0.25, 0.3) is 0 Å². The van der Waals surface area contributed by atoms with Gasteiger partial charge >= 0.3 is 12.4 Å². The summed E-state index contributed by atoms with van der Waals surface area (Å²) < 4.78 is 92.1. The van der Waals surface area contributed by atoms with Gasteiger partial charge in [-0.05, 0) is 12.1 Å². The molecule has 156 valence electrons. The Bertz CT molecular complexity index is 1070. The van der Waals surface area contributed by atoms with Gasteiger partial charge in [0, 0.05) is 23.0 Å². The van der Waals surface area contributed by atoms with Crippen LogP contribution in [0.3, 0.4) is 0 Å². The molecule has 1 atom stereocenters. The standard InChI is InChI=1S/C15H11F6N5OS2/c1-2-29(27)13-12(23-5-6-24-13)26-11(22)9(10(25-26)15(19,20)21)7-3-4-8(28-7)14(16,17)18/h3-6H,2,22H2,1H3. The first-order valence-corrected chi connectivity index (χ1v) is 9.91. The average molecular weight is 455 g/mol. The zero-order chi connectivity index (χ0) is 21.6. The van der Waals surface area contributed by atoms with Crippen molar-refractivity contribution in [1.82, 2.24) is 19.7 Å². The molecule has 0 spiro atoms. The molecule has 0 bridgehead atoms. The number of nitrogens with zero attached hydrogens (tertiary/aromatic N) is 4. The molecule has 14 heteroatoms. The predicted molar refractivity (Wildman–Crippen MR) is 93.8 cm³/mol. The van der Waals surface area contributed by atoms with Gasteiger partial charge < -0.3 is 5.73 Å². The van der Waals surface area contributed by atoms with E-state index in [2.05, 4.69) is 15.1 Å². The van der Waals surface area contributed by atoms with Crippen molar-refractivity contribution >= 4 is 28.0 Å². The number of halogens is 6. The third-order valence-corrected chi connectivity index (χ3v) is 6.04. The zero-order valence-electron chi connectivity index (χ0n) is 14.4. The summed E-state index contributed by atoms with van der Waals surface area (Å²) in [6.45, 7) is 1.57. The highest BCUT2D eigenvalue weighted by atomic mass is 32.2. The van der Waals surface area contributed by atoms with Crippen molar-refractivity contribution in [2.75, 3.05) is 11.5 Å². The van der Waals surface area contributed by atoms with Crippen LogP contribution in [0.2, 0.25) is 0 Å². The molecule has 0 aliphatic carbocycles. The van der Waals surface area contributed by atoms with E-state index < -0.39 is 45.1 Å². The van der Waals surface area contributed by atoms with E-state index in [9.17, 15) is 30.6 Å². The lowest BCUT2D eigenvalue weighted by Crippen LogP contribution is -2.12. The van der Waals surface area contributed by atoms with Gasteiger partial charge in [-0.15, -0.1) is 11.3 Å². The van der Waals surface area contributed by atoms with Gasteiger partial charge in [-0.25, -0.2) is 9.97 Å². The molecule has 1 unspecified atom stereocenters. The Balaban J connectivity index is 2.27. The van der Waals surface area contributed by atoms with E-state index in [0.29, 0.717) is 10.7 Å². The maximum absolute atomic E-state index is 13.6. The number of hydrogen-bond acceptors (Lipinski definition) is 6. The van der Waals surface area contributed by atoms with Gasteiger partial charge in [-0.2, -0.15) is 36.1 Å². The largest absolute Gasteiger partial charge is 0.435 e. The molecule has 0 saturated carbocycles. The van der Waals surface area contributed by atoms with E-state index in [1.54, 1.807) is 6.92 Å². The summed E-state index contributed by atoms with van der Waals surface area (Å²) in [5, 5.41) is 3.28. The van der Waals surface area contributed by atoms with Gasteiger partial charge in [0.05, 0.1) is 16.4 Å². The van der Waals surface area contributed by atoms with Crippen LogP contribution in [-0.2, 0) is 23.2 Å². The number of nitrogen functional groups attached to an aromatic ring is 1. The van der Waals surface area contributed by atoms with Crippen LogP contribution >= 0.6 is 11.3 Å². The van der Waals surface area contributed by atoms with E-state index in [1.807, 2.05) is 0 Å². The highest BCUT2D eigenvalue weighted by molar-refractivity contribution is 7.85. The molecule has 3 aromatic heterocycles. The molecule has 3 aromatic rings. The highest BCUT2D eigenvalue weighted by Gasteiger charge is 2.41. The second-order valence-corrected chi connectivity index (χ2v) is 8.24. The molecule has 0 fully saturated rings. The molecule has 0 saturated heterocycles. The summed E-state index contributed by atoms with van der Waals surface area (Å²) in [6.07, 6.45) is -7.38. The Hall–Kier alpha value is -2.48. The van der Waals surface area contributed by atoms with Gasteiger partial charge in [0.1, 0.15) is 10.7 Å². The smallest absolute Gasteiger partial charge is 0.383 e. The first-order chi connectivity index (χ1) is 13.4. The van der Waals surface area contributed by atoms with E-state index >= 15 is 0 Å². The Labute approximate surface area is 165 Å². The SMILES string of the molecule is CCS(=O)c1nccnc1-n1nc(C(F)(F)F)c(-c2ccc(C(F)(F)F)s2)c1N. The normalized spacial score (nSPS) is 13.6. The quantitative estimate of drug-likeness (QED) is 0.598. The van der Waals surface area contributed by atoms with Crippen molar-refractivity contribution in [3.63, 3.8) is 0 Å². The van der Waals surface area contributed by atoms with E-state index in [1.165, 1.54) is 6.20 Å². The minimum Gasteiger partial charge on any atom is -0.383 e. The third-order valence-electron chi connectivity index (χ3n) is 3.65. The van der Waals surface area contributed by atoms with Crippen LogP contribution in [0, 0.1) is 0 Å². The van der Waals surface area contributed by atoms with Crippen molar-refractivity contribution in [1.29, 1.82) is 0 Å². The van der Waals surface area contributed by atoms with Crippen LogP contribution in [0.15, 0.2) is 29.6 Å². The molecular formula is C15H11F6N5OS2. The van der Waals surface area contributed by atoms with Crippen molar-refractivity contribution < 1.29 is 30.6 Å². The topological polar surface area (TPSA) is 86.7 Å². The fourth-order valence-electron chi connectivity index (χ4n) is 2.42. The minimum absolute atomic E-state index is 0.103. The summed E-state index contributed by atoms with van der Waals surface area (Å²) in [6, 6.07) is 1.55. The van der Waals surface area contributed by atoms with Gasteiger partial charge in [0.15, 0.2) is 16.5 Å². The first kappa shape index (κ1) is 21.2. The molecule has 0 aromatic carbocycles. The fraction of sp³-hybridized carbons (Fsp3) is 0.267. The number of anilines is 1. The van der Waals surface area contributed by atoms with Gasteiger partial charge in [-0.3, -0.25) is 4.21 Å². The molecule has 3 rings (SSSR count). The van der Waals surface area contributed by atoms with Crippen molar-refractivity contribution in [2.45, 2.75) is 24.3 Å². The fourth-order valence-corrected chi connectivity index (χ4v) is 4.14. The van der Waals surface area contributed by atoms with Gasteiger partial charge in [0.2, 0.25) is 0 Å². The number of nitrogens with two attached hydrogens (primary N) is 1. The Kier molecular flexibility index (Phi) is 5.42. The number of thiophene rings is 1. The van der Waals surface area contributed by atoms with Crippen LogP contribution in [0.1, 0.15) is 17.5 Å². The number of alkyl halides is 6. The average Bonchev–Trinajstić information content (AvgIpc) is 3.25. The maximum atomic E-state index is 13.6. The zero-order valence-corrected chi connectivity index (χ0v) is 16.0. The number of hydrogen-bond donors (Lipinski definition) is 1. The van der Waals surface area contributed by atoms with Crippen LogP contribution < -0.4 is 5.73 Å². The molecule has 29 heavy (non-hydrogen) atoms. The molecule has 0 aliphatic rings. The molecule has 0 aliphatic heterocycles. The monoisotopic (exact) mass is 455 g/mol. The number of aromatic nitrogens is 4. The second-order valence-electron chi connectivity index (χ2n) is 5.50. The maximum Gasteiger partial charge on any atom is 0.435 e. The first-order valence-electron chi connectivity index (χ1n) is 7.78. The summed E-state index contributed by atoms with van der Waals surface area (Å²) in [4.78, 5) is 6.30. The summed E-state index contributed by atoms with van der Waals surface area (Å²) >= 11 is 0.107. The molecule has 0 amide bonds.